The Morgan fingerprint density at radius 1 is 1.33 bits per heavy atom. The van der Waals surface area contributed by atoms with E-state index in [-0.39, 0.29) is 0 Å². The molecule has 3 rings (SSSR count). The maximum atomic E-state index is 4.62. The number of thiophene rings is 1. The monoisotopic (exact) mass is 299 g/mol. The van der Waals surface area contributed by atoms with Gasteiger partial charge in [-0.2, -0.15) is 4.98 Å². The van der Waals surface area contributed by atoms with Crippen molar-refractivity contribution in [3.8, 4) is 0 Å². The fraction of sp³-hybridized carbons (Fsp3) is 0.267. The fourth-order valence-electron chi connectivity index (χ4n) is 2.27. The van der Waals surface area contributed by atoms with Crippen molar-refractivity contribution >= 4 is 33.3 Å². The zero-order chi connectivity index (χ0) is 14.8. The van der Waals surface area contributed by atoms with E-state index in [1.165, 1.54) is 4.88 Å². The Morgan fingerprint density at radius 2 is 2.19 bits per heavy atom. The average molecular weight is 299 g/mol. The van der Waals surface area contributed by atoms with Gasteiger partial charge in [0.2, 0.25) is 5.95 Å². The summed E-state index contributed by atoms with van der Waals surface area (Å²) in [5.41, 5.74) is 1.16. The molecule has 0 aromatic carbocycles. The third kappa shape index (κ3) is 2.80. The predicted molar refractivity (Wildman–Crippen MR) is 88.0 cm³/mol. The van der Waals surface area contributed by atoms with Gasteiger partial charge in [-0.1, -0.05) is 6.07 Å². The molecule has 0 unspecified atom stereocenters. The number of rotatable bonds is 4. The van der Waals surface area contributed by atoms with Crippen molar-refractivity contribution in [2.45, 2.75) is 13.5 Å². The minimum absolute atomic E-state index is 0.650. The van der Waals surface area contributed by atoms with Gasteiger partial charge in [-0.15, -0.1) is 11.3 Å². The molecule has 6 heteroatoms. The van der Waals surface area contributed by atoms with Crippen LogP contribution in [0.25, 0.3) is 10.2 Å². The van der Waals surface area contributed by atoms with Crippen molar-refractivity contribution in [3.05, 3.63) is 41.0 Å². The Labute approximate surface area is 127 Å². The lowest BCUT2D eigenvalue weighted by atomic mass is 10.2. The molecule has 3 aromatic heterocycles. The van der Waals surface area contributed by atoms with Crippen molar-refractivity contribution in [2.75, 3.05) is 24.3 Å². The van der Waals surface area contributed by atoms with Gasteiger partial charge in [0.1, 0.15) is 10.6 Å². The second-order valence-corrected chi connectivity index (χ2v) is 6.15. The molecule has 3 aromatic rings. The van der Waals surface area contributed by atoms with Crippen LogP contribution in [0.5, 0.6) is 0 Å². The Bertz CT molecular complexity index is 753. The fourth-order valence-corrected chi connectivity index (χ4v) is 3.14. The number of fused-ring (bicyclic) bond motifs is 1. The second kappa shape index (κ2) is 5.65. The number of pyridine rings is 1. The van der Waals surface area contributed by atoms with Gasteiger partial charge in [0, 0.05) is 37.9 Å². The van der Waals surface area contributed by atoms with Crippen molar-refractivity contribution in [1.82, 2.24) is 15.0 Å². The maximum Gasteiger partial charge on any atom is 0.225 e. The largest absolute Gasteiger partial charge is 0.357 e. The van der Waals surface area contributed by atoms with Gasteiger partial charge in [0.25, 0.3) is 0 Å². The van der Waals surface area contributed by atoms with Gasteiger partial charge in [-0.25, -0.2) is 4.98 Å². The topological polar surface area (TPSA) is 53.9 Å². The van der Waals surface area contributed by atoms with Gasteiger partial charge in [-0.3, -0.25) is 4.98 Å². The highest BCUT2D eigenvalue weighted by atomic mass is 32.1. The van der Waals surface area contributed by atoms with E-state index in [4.69, 9.17) is 0 Å². The molecule has 21 heavy (non-hydrogen) atoms. The number of hydrogen-bond acceptors (Lipinski definition) is 6. The third-order valence-corrected chi connectivity index (χ3v) is 4.17. The minimum atomic E-state index is 0.650. The Morgan fingerprint density at radius 3 is 2.90 bits per heavy atom. The zero-order valence-corrected chi connectivity index (χ0v) is 13.1. The molecule has 0 bridgehead atoms. The molecule has 3 heterocycles. The normalized spacial score (nSPS) is 10.8. The predicted octanol–water partition coefficient (Wildman–Crippen LogP) is 3.07. The molecular weight excluding hydrogens is 282 g/mol. The van der Waals surface area contributed by atoms with Crippen molar-refractivity contribution < 1.29 is 0 Å². The Balaban J connectivity index is 2.01. The van der Waals surface area contributed by atoms with E-state index in [0.29, 0.717) is 5.95 Å². The summed E-state index contributed by atoms with van der Waals surface area (Å²) in [5, 5.41) is 4.13. The Hall–Kier alpha value is -2.21. The molecule has 0 saturated carbocycles. The molecule has 0 atom stereocenters. The number of aryl methyl sites for hydroxylation is 1. The molecule has 0 aliphatic carbocycles. The summed E-state index contributed by atoms with van der Waals surface area (Å²) in [6.07, 6.45) is 3.67. The van der Waals surface area contributed by atoms with Gasteiger partial charge >= 0.3 is 0 Å². The Kier molecular flexibility index (Phi) is 3.70. The quantitative estimate of drug-likeness (QED) is 0.802. The summed E-state index contributed by atoms with van der Waals surface area (Å²) < 4.78 is 0. The van der Waals surface area contributed by atoms with Crippen LogP contribution >= 0.6 is 11.3 Å². The van der Waals surface area contributed by atoms with E-state index >= 15 is 0 Å². The van der Waals surface area contributed by atoms with E-state index in [1.54, 1.807) is 17.5 Å². The first-order chi connectivity index (χ1) is 10.2. The van der Waals surface area contributed by atoms with Crippen molar-refractivity contribution in [1.29, 1.82) is 0 Å². The summed E-state index contributed by atoms with van der Waals surface area (Å²) in [5.74, 6) is 1.59. The molecule has 108 valence electrons. The van der Waals surface area contributed by atoms with Gasteiger partial charge < -0.3 is 10.2 Å². The minimum Gasteiger partial charge on any atom is -0.357 e. The molecule has 0 fully saturated rings. The summed E-state index contributed by atoms with van der Waals surface area (Å²) in [6, 6.07) is 6.17. The van der Waals surface area contributed by atoms with Crippen LogP contribution in [0.3, 0.4) is 0 Å². The SMILES string of the molecule is CNc1nc(N(C)Cc2cccnc2)c2cc(C)sc2n1. The number of aromatic nitrogens is 3. The summed E-state index contributed by atoms with van der Waals surface area (Å²) in [4.78, 5) is 17.7. The van der Waals surface area contributed by atoms with E-state index in [9.17, 15) is 0 Å². The molecule has 0 radical (unpaired) electrons. The van der Waals surface area contributed by atoms with E-state index in [2.05, 4.69) is 44.2 Å². The standard InChI is InChI=1S/C15H17N5S/c1-10-7-12-13(18-15(16-2)19-14(12)21-10)20(3)9-11-5-4-6-17-8-11/h4-8H,9H2,1-3H3,(H,16,18,19). The van der Waals surface area contributed by atoms with Crippen LogP contribution in [0.4, 0.5) is 11.8 Å². The summed E-state index contributed by atoms with van der Waals surface area (Å²) >= 11 is 1.69. The molecule has 1 N–H and O–H groups in total. The molecular formula is C15H17N5S. The molecule has 0 saturated heterocycles. The van der Waals surface area contributed by atoms with Crippen molar-refractivity contribution in [3.63, 3.8) is 0 Å². The van der Waals surface area contributed by atoms with Crippen molar-refractivity contribution in [2.24, 2.45) is 0 Å². The van der Waals surface area contributed by atoms with E-state index in [0.717, 1.165) is 28.1 Å². The number of nitrogens with one attached hydrogen (secondary N) is 1. The van der Waals surface area contributed by atoms with Crippen LogP contribution in [-0.2, 0) is 6.54 Å². The molecule has 0 aliphatic rings. The van der Waals surface area contributed by atoms with Crippen LogP contribution in [0.15, 0.2) is 30.6 Å². The number of anilines is 2. The van der Waals surface area contributed by atoms with Gasteiger partial charge in [0.05, 0.1) is 5.39 Å². The third-order valence-electron chi connectivity index (χ3n) is 3.22. The van der Waals surface area contributed by atoms with Crippen LogP contribution in [0, 0.1) is 6.92 Å². The van der Waals surface area contributed by atoms with Gasteiger partial charge in [-0.05, 0) is 24.6 Å². The molecule has 0 amide bonds. The van der Waals surface area contributed by atoms with E-state index < -0.39 is 0 Å². The number of hydrogen-bond donors (Lipinski definition) is 1. The summed E-state index contributed by atoms with van der Waals surface area (Å²) in [7, 11) is 3.88. The maximum absolute atomic E-state index is 4.62. The average Bonchev–Trinajstić information content (AvgIpc) is 2.87. The first-order valence-corrected chi connectivity index (χ1v) is 7.55. The first-order valence-electron chi connectivity index (χ1n) is 6.73. The molecule has 5 nitrogen and oxygen atoms in total. The second-order valence-electron chi connectivity index (χ2n) is 4.91. The summed E-state index contributed by atoms with van der Waals surface area (Å²) in [6.45, 7) is 2.86. The highest BCUT2D eigenvalue weighted by molar-refractivity contribution is 7.18. The van der Waals surface area contributed by atoms with Crippen LogP contribution in [-0.4, -0.2) is 29.0 Å². The first kappa shape index (κ1) is 13.8. The van der Waals surface area contributed by atoms with E-state index in [1.807, 2.05) is 26.4 Å². The lowest BCUT2D eigenvalue weighted by molar-refractivity contribution is 0.895. The lowest BCUT2D eigenvalue weighted by Crippen LogP contribution is -2.18. The zero-order valence-electron chi connectivity index (χ0n) is 12.3. The van der Waals surface area contributed by atoms with Crippen LogP contribution in [0.2, 0.25) is 0 Å². The van der Waals surface area contributed by atoms with Crippen LogP contribution in [0.1, 0.15) is 10.4 Å². The van der Waals surface area contributed by atoms with Gasteiger partial charge in [0.15, 0.2) is 0 Å². The smallest absolute Gasteiger partial charge is 0.225 e. The highest BCUT2D eigenvalue weighted by Gasteiger charge is 2.14. The number of nitrogens with zero attached hydrogens (tertiary/aromatic N) is 4. The molecule has 0 aliphatic heterocycles. The molecule has 0 spiro atoms. The van der Waals surface area contributed by atoms with Crippen LogP contribution < -0.4 is 10.2 Å². The highest BCUT2D eigenvalue weighted by Crippen LogP contribution is 2.31. The lowest BCUT2D eigenvalue weighted by Gasteiger charge is -2.19.